The summed E-state index contributed by atoms with van der Waals surface area (Å²) < 4.78 is 12.1. The third-order valence-corrected chi connectivity index (χ3v) is 4.48. The highest BCUT2D eigenvalue weighted by atomic mass is 32.2. The quantitative estimate of drug-likeness (QED) is 0.792. The molecule has 0 aliphatic heterocycles. The molecule has 2 unspecified atom stereocenters. The van der Waals surface area contributed by atoms with E-state index in [1.165, 1.54) is 16.7 Å². The SMILES string of the molecule is CCCNC(C)CCS(=O)Cc1cc(C)cc(C)c1. The van der Waals surface area contributed by atoms with Crippen molar-refractivity contribution < 1.29 is 4.21 Å². The Morgan fingerprint density at radius 3 is 2.42 bits per heavy atom. The van der Waals surface area contributed by atoms with Gasteiger partial charge in [-0.25, -0.2) is 0 Å². The molecular formula is C16H27NOS. The number of hydrogen-bond acceptors (Lipinski definition) is 2. The van der Waals surface area contributed by atoms with Crippen molar-refractivity contribution in [1.29, 1.82) is 0 Å². The molecule has 0 aliphatic rings. The van der Waals surface area contributed by atoms with Crippen LogP contribution in [-0.4, -0.2) is 22.5 Å². The topological polar surface area (TPSA) is 29.1 Å². The van der Waals surface area contributed by atoms with Gasteiger partial charge in [0.2, 0.25) is 0 Å². The summed E-state index contributed by atoms with van der Waals surface area (Å²) in [4.78, 5) is 0. The van der Waals surface area contributed by atoms with Crippen LogP contribution in [0.1, 0.15) is 43.4 Å². The number of benzene rings is 1. The molecule has 3 heteroatoms. The van der Waals surface area contributed by atoms with Gasteiger partial charge in [-0.2, -0.15) is 0 Å². The Labute approximate surface area is 120 Å². The maximum absolute atomic E-state index is 12.1. The fraction of sp³-hybridized carbons (Fsp3) is 0.625. The molecule has 0 saturated heterocycles. The van der Waals surface area contributed by atoms with Crippen molar-refractivity contribution in [2.24, 2.45) is 0 Å². The maximum Gasteiger partial charge on any atom is 0.0485 e. The van der Waals surface area contributed by atoms with E-state index in [9.17, 15) is 4.21 Å². The van der Waals surface area contributed by atoms with Gasteiger partial charge in [0.15, 0.2) is 0 Å². The first kappa shape index (κ1) is 16.4. The summed E-state index contributed by atoms with van der Waals surface area (Å²) >= 11 is 0. The largest absolute Gasteiger partial charge is 0.314 e. The molecule has 0 radical (unpaired) electrons. The third kappa shape index (κ3) is 6.88. The van der Waals surface area contributed by atoms with Gasteiger partial charge in [-0.15, -0.1) is 0 Å². The highest BCUT2D eigenvalue weighted by Crippen LogP contribution is 2.11. The normalized spacial score (nSPS) is 14.3. The van der Waals surface area contributed by atoms with Crippen LogP contribution in [0.4, 0.5) is 0 Å². The molecule has 0 saturated carbocycles. The molecule has 19 heavy (non-hydrogen) atoms. The van der Waals surface area contributed by atoms with Crippen molar-refractivity contribution >= 4 is 10.8 Å². The Hall–Kier alpha value is -0.670. The smallest absolute Gasteiger partial charge is 0.0485 e. The van der Waals surface area contributed by atoms with Gasteiger partial charge in [0.25, 0.3) is 0 Å². The van der Waals surface area contributed by atoms with E-state index < -0.39 is 10.8 Å². The average Bonchev–Trinajstić information content (AvgIpc) is 2.32. The van der Waals surface area contributed by atoms with Crippen LogP contribution in [-0.2, 0) is 16.6 Å². The zero-order valence-electron chi connectivity index (χ0n) is 12.7. The van der Waals surface area contributed by atoms with Crippen LogP contribution < -0.4 is 5.32 Å². The Morgan fingerprint density at radius 1 is 1.21 bits per heavy atom. The van der Waals surface area contributed by atoms with Crippen LogP contribution in [0.5, 0.6) is 0 Å². The summed E-state index contributed by atoms with van der Waals surface area (Å²) in [5.74, 6) is 1.47. The van der Waals surface area contributed by atoms with E-state index >= 15 is 0 Å². The van der Waals surface area contributed by atoms with Gasteiger partial charge in [0, 0.05) is 28.3 Å². The second kappa shape index (κ2) is 8.49. The van der Waals surface area contributed by atoms with E-state index in [0.29, 0.717) is 11.8 Å². The van der Waals surface area contributed by atoms with E-state index in [-0.39, 0.29) is 0 Å². The van der Waals surface area contributed by atoms with Crippen LogP contribution in [0.2, 0.25) is 0 Å². The number of hydrogen-bond donors (Lipinski definition) is 1. The molecule has 0 fully saturated rings. The van der Waals surface area contributed by atoms with Crippen molar-refractivity contribution in [1.82, 2.24) is 5.32 Å². The minimum Gasteiger partial charge on any atom is -0.314 e. The lowest BCUT2D eigenvalue weighted by atomic mass is 10.1. The van der Waals surface area contributed by atoms with Crippen molar-refractivity contribution in [2.45, 2.75) is 52.3 Å². The lowest BCUT2D eigenvalue weighted by Gasteiger charge is -2.12. The highest BCUT2D eigenvalue weighted by molar-refractivity contribution is 7.84. The second-order valence-electron chi connectivity index (χ2n) is 5.43. The molecule has 1 rings (SSSR count). The Bertz CT molecular complexity index is 397. The zero-order chi connectivity index (χ0) is 14.3. The first-order chi connectivity index (χ1) is 9.01. The van der Waals surface area contributed by atoms with E-state index in [1.54, 1.807) is 0 Å². The summed E-state index contributed by atoms with van der Waals surface area (Å²) in [6, 6.07) is 6.90. The molecule has 1 aromatic carbocycles. The van der Waals surface area contributed by atoms with Crippen LogP contribution >= 0.6 is 0 Å². The number of nitrogens with one attached hydrogen (secondary N) is 1. The van der Waals surface area contributed by atoms with Gasteiger partial charge in [0.05, 0.1) is 0 Å². The van der Waals surface area contributed by atoms with E-state index in [0.717, 1.165) is 25.1 Å². The van der Waals surface area contributed by atoms with E-state index in [4.69, 9.17) is 0 Å². The van der Waals surface area contributed by atoms with Gasteiger partial charge in [0.1, 0.15) is 0 Å². The van der Waals surface area contributed by atoms with Gasteiger partial charge >= 0.3 is 0 Å². The summed E-state index contributed by atoms with van der Waals surface area (Å²) in [5.41, 5.74) is 3.71. The van der Waals surface area contributed by atoms with Crippen molar-refractivity contribution in [3.05, 3.63) is 34.9 Å². The molecule has 2 nitrogen and oxygen atoms in total. The van der Waals surface area contributed by atoms with Crippen LogP contribution in [0, 0.1) is 13.8 Å². The molecule has 2 atom stereocenters. The van der Waals surface area contributed by atoms with Crippen molar-refractivity contribution in [3.63, 3.8) is 0 Å². The van der Waals surface area contributed by atoms with Crippen LogP contribution in [0.25, 0.3) is 0 Å². The standard InChI is InChI=1S/C16H27NOS/c1-5-7-17-15(4)6-8-19(18)12-16-10-13(2)9-14(3)11-16/h9-11,15,17H,5-8,12H2,1-4H3. The fourth-order valence-corrected chi connectivity index (χ4v) is 3.51. The highest BCUT2D eigenvalue weighted by Gasteiger charge is 2.06. The third-order valence-electron chi connectivity index (χ3n) is 3.13. The molecule has 1 aromatic rings. The number of aryl methyl sites for hydroxylation is 2. The molecular weight excluding hydrogens is 254 g/mol. The van der Waals surface area contributed by atoms with Gasteiger partial charge in [-0.3, -0.25) is 4.21 Å². The predicted molar refractivity (Wildman–Crippen MR) is 85.0 cm³/mol. The first-order valence-electron chi connectivity index (χ1n) is 7.16. The minimum absolute atomic E-state index is 0.461. The molecule has 0 heterocycles. The summed E-state index contributed by atoms with van der Waals surface area (Å²) in [5, 5.41) is 3.44. The number of rotatable bonds is 8. The van der Waals surface area contributed by atoms with Crippen LogP contribution in [0.15, 0.2) is 18.2 Å². The monoisotopic (exact) mass is 281 g/mol. The Morgan fingerprint density at radius 2 is 1.84 bits per heavy atom. The lowest BCUT2D eigenvalue weighted by molar-refractivity contribution is 0.533. The fourth-order valence-electron chi connectivity index (χ4n) is 2.21. The Kier molecular flexibility index (Phi) is 7.32. The summed E-state index contributed by atoms with van der Waals surface area (Å²) in [6.45, 7) is 9.57. The minimum atomic E-state index is -0.754. The summed E-state index contributed by atoms with van der Waals surface area (Å²) in [7, 11) is -0.754. The molecule has 108 valence electrons. The average molecular weight is 281 g/mol. The summed E-state index contributed by atoms with van der Waals surface area (Å²) in [6.07, 6.45) is 2.13. The first-order valence-corrected chi connectivity index (χ1v) is 8.65. The second-order valence-corrected chi connectivity index (χ2v) is 7.00. The molecule has 0 aliphatic carbocycles. The van der Waals surface area contributed by atoms with Gasteiger partial charge < -0.3 is 5.32 Å². The Balaban J connectivity index is 2.38. The molecule has 1 N–H and O–H groups in total. The van der Waals surface area contributed by atoms with Crippen LogP contribution in [0.3, 0.4) is 0 Å². The maximum atomic E-state index is 12.1. The molecule has 0 spiro atoms. The van der Waals surface area contributed by atoms with Gasteiger partial charge in [-0.05, 0) is 45.7 Å². The van der Waals surface area contributed by atoms with Crippen molar-refractivity contribution in [2.75, 3.05) is 12.3 Å². The van der Waals surface area contributed by atoms with Crippen molar-refractivity contribution in [3.8, 4) is 0 Å². The molecule has 0 aromatic heterocycles. The van der Waals surface area contributed by atoms with E-state index in [2.05, 4.69) is 51.2 Å². The zero-order valence-corrected chi connectivity index (χ0v) is 13.5. The molecule has 0 amide bonds. The van der Waals surface area contributed by atoms with E-state index in [1.807, 2.05) is 0 Å². The predicted octanol–water partition coefficient (Wildman–Crippen LogP) is 3.33. The van der Waals surface area contributed by atoms with Gasteiger partial charge in [-0.1, -0.05) is 36.2 Å². The lowest BCUT2D eigenvalue weighted by Crippen LogP contribution is -2.28. The molecule has 0 bridgehead atoms.